The summed E-state index contributed by atoms with van der Waals surface area (Å²) >= 11 is 0. The van der Waals surface area contributed by atoms with Crippen LogP contribution in [-0.2, 0) is 16.0 Å². The number of nitrogens with one attached hydrogen (secondary N) is 1. The van der Waals surface area contributed by atoms with Crippen LogP contribution in [0.15, 0.2) is 42.5 Å². The second-order valence-electron chi connectivity index (χ2n) is 5.85. The van der Waals surface area contributed by atoms with Gasteiger partial charge in [-0.25, -0.2) is 4.79 Å². The van der Waals surface area contributed by atoms with Gasteiger partial charge in [-0.15, -0.1) is 0 Å². The van der Waals surface area contributed by atoms with Crippen LogP contribution in [-0.4, -0.2) is 22.9 Å². The molecule has 2 aromatic rings. The van der Waals surface area contributed by atoms with Crippen LogP contribution in [0.25, 0.3) is 0 Å². The van der Waals surface area contributed by atoms with Crippen molar-refractivity contribution in [3.63, 3.8) is 0 Å². The lowest BCUT2D eigenvalue weighted by Gasteiger charge is -2.14. The Kier molecular flexibility index (Phi) is 6.06. The van der Waals surface area contributed by atoms with E-state index in [0.717, 1.165) is 12.0 Å². The van der Waals surface area contributed by atoms with Gasteiger partial charge in [-0.3, -0.25) is 14.9 Å². The molecule has 0 radical (unpaired) electrons. The molecule has 0 saturated carbocycles. The Bertz CT molecular complexity index is 830. The molecule has 0 heterocycles. The molecule has 1 atom stereocenters. The maximum atomic E-state index is 12.2. The quantitative estimate of drug-likeness (QED) is 0.484. The molecule has 1 N–H and O–H groups in total. The number of aryl methyl sites for hydroxylation is 2. The van der Waals surface area contributed by atoms with Crippen molar-refractivity contribution in [3.05, 3.63) is 69.3 Å². The van der Waals surface area contributed by atoms with E-state index in [2.05, 4.69) is 5.32 Å². The number of rotatable bonds is 6. The fraction of sp³-hybridized carbons (Fsp3) is 0.263. The lowest BCUT2D eigenvalue weighted by atomic mass is 10.1. The Labute approximate surface area is 151 Å². The van der Waals surface area contributed by atoms with Crippen LogP contribution in [0, 0.1) is 17.0 Å². The van der Waals surface area contributed by atoms with E-state index in [1.54, 1.807) is 12.1 Å². The molecule has 2 aromatic carbocycles. The third kappa shape index (κ3) is 4.66. The van der Waals surface area contributed by atoms with Gasteiger partial charge in [0.2, 0.25) is 0 Å². The van der Waals surface area contributed by atoms with E-state index in [-0.39, 0.29) is 11.3 Å². The Morgan fingerprint density at radius 3 is 2.38 bits per heavy atom. The molecule has 0 unspecified atom stereocenters. The van der Waals surface area contributed by atoms with Crippen LogP contribution in [0.1, 0.15) is 35.3 Å². The van der Waals surface area contributed by atoms with Gasteiger partial charge < -0.3 is 10.1 Å². The maximum Gasteiger partial charge on any atom is 0.338 e. The molecule has 136 valence electrons. The number of nitrogens with zero attached hydrogens (tertiary/aromatic N) is 1. The molecule has 2 rings (SSSR count). The highest BCUT2D eigenvalue weighted by Gasteiger charge is 2.20. The molecule has 26 heavy (non-hydrogen) atoms. The van der Waals surface area contributed by atoms with E-state index in [4.69, 9.17) is 4.74 Å². The minimum atomic E-state index is -1.01. The van der Waals surface area contributed by atoms with Crippen LogP contribution >= 0.6 is 0 Å². The standard InChI is InChI=1S/C19H20N2O5/c1-4-14-5-8-16(9-6-14)20-18(22)13(3)26-19(23)15-7-10-17(21(24)25)12(2)11-15/h5-11,13H,4H2,1-3H3,(H,20,22)/t13-/m0/s1. The largest absolute Gasteiger partial charge is 0.449 e. The number of carbonyl (C=O) groups excluding carboxylic acids is 2. The average Bonchev–Trinajstić information content (AvgIpc) is 2.61. The molecular formula is C19H20N2O5. The van der Waals surface area contributed by atoms with Gasteiger partial charge >= 0.3 is 5.97 Å². The molecule has 0 saturated heterocycles. The van der Waals surface area contributed by atoms with E-state index in [1.165, 1.54) is 32.0 Å². The summed E-state index contributed by atoms with van der Waals surface area (Å²) < 4.78 is 5.15. The summed E-state index contributed by atoms with van der Waals surface area (Å²) in [7, 11) is 0. The Balaban J connectivity index is 2.00. The van der Waals surface area contributed by atoms with Crippen molar-refractivity contribution in [1.82, 2.24) is 0 Å². The number of ether oxygens (including phenoxy) is 1. The second-order valence-corrected chi connectivity index (χ2v) is 5.85. The number of nitro groups is 1. The highest BCUT2D eigenvalue weighted by molar-refractivity contribution is 5.97. The van der Waals surface area contributed by atoms with Crippen molar-refractivity contribution in [2.24, 2.45) is 0 Å². The average molecular weight is 356 g/mol. The zero-order valence-corrected chi connectivity index (χ0v) is 14.8. The molecule has 0 aliphatic heterocycles. The maximum absolute atomic E-state index is 12.2. The van der Waals surface area contributed by atoms with Gasteiger partial charge in [-0.1, -0.05) is 19.1 Å². The van der Waals surface area contributed by atoms with E-state index in [9.17, 15) is 19.7 Å². The molecule has 0 aliphatic carbocycles. The van der Waals surface area contributed by atoms with Gasteiger partial charge in [0.1, 0.15) is 0 Å². The number of benzene rings is 2. The summed E-state index contributed by atoms with van der Waals surface area (Å²) in [6, 6.07) is 11.3. The summed E-state index contributed by atoms with van der Waals surface area (Å²) in [6.07, 6.45) is -0.111. The van der Waals surface area contributed by atoms with Crippen LogP contribution < -0.4 is 5.32 Å². The fourth-order valence-corrected chi connectivity index (χ4v) is 2.34. The predicted octanol–water partition coefficient (Wildman–Crippen LogP) is 3.65. The summed E-state index contributed by atoms with van der Waals surface area (Å²) in [6.45, 7) is 5.03. The molecule has 0 aliphatic rings. The molecule has 0 aromatic heterocycles. The van der Waals surface area contributed by atoms with Crippen LogP contribution in [0.5, 0.6) is 0 Å². The Morgan fingerprint density at radius 2 is 1.85 bits per heavy atom. The molecule has 7 nitrogen and oxygen atoms in total. The zero-order valence-electron chi connectivity index (χ0n) is 14.8. The first-order valence-electron chi connectivity index (χ1n) is 8.17. The highest BCUT2D eigenvalue weighted by atomic mass is 16.6. The molecule has 0 spiro atoms. The third-order valence-corrected chi connectivity index (χ3v) is 3.91. The molecule has 1 amide bonds. The summed E-state index contributed by atoms with van der Waals surface area (Å²) in [5.41, 5.74) is 2.18. The lowest BCUT2D eigenvalue weighted by Crippen LogP contribution is -2.30. The van der Waals surface area contributed by atoms with Crippen LogP contribution in [0.2, 0.25) is 0 Å². The topological polar surface area (TPSA) is 98.5 Å². The second kappa shape index (κ2) is 8.24. The van der Waals surface area contributed by atoms with Crippen molar-refractivity contribution in [2.45, 2.75) is 33.3 Å². The minimum Gasteiger partial charge on any atom is -0.449 e. The minimum absolute atomic E-state index is 0.0807. The smallest absolute Gasteiger partial charge is 0.338 e. The van der Waals surface area contributed by atoms with Gasteiger partial charge in [0.05, 0.1) is 10.5 Å². The number of anilines is 1. The molecule has 7 heteroatoms. The van der Waals surface area contributed by atoms with E-state index < -0.39 is 22.9 Å². The zero-order chi connectivity index (χ0) is 19.3. The first-order valence-corrected chi connectivity index (χ1v) is 8.17. The van der Waals surface area contributed by atoms with Crippen molar-refractivity contribution < 1.29 is 19.2 Å². The van der Waals surface area contributed by atoms with Crippen molar-refractivity contribution in [2.75, 3.05) is 5.32 Å². The normalized spacial score (nSPS) is 11.5. The Morgan fingerprint density at radius 1 is 1.19 bits per heavy atom. The van der Waals surface area contributed by atoms with Gasteiger partial charge in [-0.2, -0.15) is 0 Å². The van der Waals surface area contributed by atoms with Crippen molar-refractivity contribution in [1.29, 1.82) is 0 Å². The van der Waals surface area contributed by atoms with E-state index in [0.29, 0.717) is 11.3 Å². The third-order valence-electron chi connectivity index (χ3n) is 3.91. The first kappa shape index (κ1) is 19.1. The number of esters is 1. The lowest BCUT2D eigenvalue weighted by molar-refractivity contribution is -0.385. The van der Waals surface area contributed by atoms with Gasteiger partial charge in [0.15, 0.2) is 6.10 Å². The number of carbonyl (C=O) groups is 2. The van der Waals surface area contributed by atoms with Crippen LogP contribution in [0.3, 0.4) is 0 Å². The fourth-order valence-electron chi connectivity index (χ4n) is 2.34. The summed E-state index contributed by atoms with van der Waals surface area (Å²) in [5, 5.41) is 13.5. The number of amides is 1. The number of nitro benzene ring substituents is 1. The first-order chi connectivity index (χ1) is 12.3. The molecular weight excluding hydrogens is 336 g/mol. The van der Waals surface area contributed by atoms with Crippen molar-refractivity contribution >= 4 is 23.3 Å². The Hall–Kier alpha value is -3.22. The van der Waals surface area contributed by atoms with Crippen molar-refractivity contribution in [3.8, 4) is 0 Å². The monoisotopic (exact) mass is 356 g/mol. The summed E-state index contributed by atoms with van der Waals surface area (Å²) in [4.78, 5) is 34.6. The molecule has 0 fully saturated rings. The van der Waals surface area contributed by atoms with Crippen LogP contribution in [0.4, 0.5) is 11.4 Å². The van der Waals surface area contributed by atoms with E-state index in [1.807, 2.05) is 19.1 Å². The number of hydrogen-bond acceptors (Lipinski definition) is 5. The predicted molar refractivity (Wildman–Crippen MR) is 97.2 cm³/mol. The van der Waals surface area contributed by atoms with Gasteiger partial charge in [-0.05, 0) is 50.1 Å². The van der Waals surface area contributed by atoms with E-state index >= 15 is 0 Å². The molecule has 0 bridgehead atoms. The van der Waals surface area contributed by atoms with Gasteiger partial charge in [0.25, 0.3) is 11.6 Å². The highest BCUT2D eigenvalue weighted by Crippen LogP contribution is 2.19. The SMILES string of the molecule is CCc1ccc(NC(=O)[C@H](C)OC(=O)c2ccc([N+](=O)[O-])c(C)c2)cc1. The number of hydrogen-bond donors (Lipinski definition) is 1. The van der Waals surface area contributed by atoms with Gasteiger partial charge in [0, 0.05) is 17.3 Å². The summed E-state index contributed by atoms with van der Waals surface area (Å²) in [5.74, 6) is -1.17.